The van der Waals surface area contributed by atoms with Crippen molar-refractivity contribution in [2.75, 3.05) is 0 Å². The van der Waals surface area contributed by atoms with Gasteiger partial charge in [-0.2, -0.15) is 0 Å². The highest BCUT2D eigenvalue weighted by Gasteiger charge is 2.10. The fourth-order valence-electron chi connectivity index (χ4n) is 1.77. The van der Waals surface area contributed by atoms with Crippen LogP contribution in [0, 0.1) is 20.8 Å². The molecular weight excluding hydrogens is 290 g/mol. The molecule has 0 radical (unpaired) electrons. The molecule has 5 heteroatoms. The summed E-state index contributed by atoms with van der Waals surface area (Å²) < 4.78 is 0. The monoisotopic (exact) mass is 307 g/mol. The van der Waals surface area contributed by atoms with E-state index in [1.807, 2.05) is 45.9 Å². The van der Waals surface area contributed by atoms with Gasteiger partial charge in [0, 0.05) is 22.3 Å². The van der Waals surface area contributed by atoms with E-state index in [0.29, 0.717) is 5.02 Å². The minimum atomic E-state index is -0.0216. The van der Waals surface area contributed by atoms with Gasteiger partial charge in [0.05, 0.1) is 5.02 Å². The molecule has 0 spiro atoms. The standard InChI is InChI=1S/C15H18ClN3S/c1-8-10(3)18-15(19-11(8)4)20-14-6-5-12(9(2)17)7-13(14)16/h5-7,9H,17H2,1-4H3/t9-/m0/s1. The van der Waals surface area contributed by atoms with Crippen LogP contribution in [0.4, 0.5) is 0 Å². The molecule has 1 aromatic carbocycles. The number of hydrogen-bond acceptors (Lipinski definition) is 4. The zero-order chi connectivity index (χ0) is 14.9. The highest BCUT2D eigenvalue weighted by atomic mass is 35.5. The predicted molar refractivity (Wildman–Crippen MR) is 84.4 cm³/mol. The maximum absolute atomic E-state index is 6.30. The summed E-state index contributed by atoms with van der Waals surface area (Å²) in [5.41, 5.74) is 10.0. The Balaban J connectivity index is 2.31. The summed E-state index contributed by atoms with van der Waals surface area (Å²) in [5, 5.41) is 1.41. The van der Waals surface area contributed by atoms with Crippen LogP contribution in [0.15, 0.2) is 28.3 Å². The molecule has 1 aromatic heterocycles. The maximum atomic E-state index is 6.30. The molecule has 0 saturated carbocycles. The van der Waals surface area contributed by atoms with E-state index in [4.69, 9.17) is 17.3 Å². The van der Waals surface area contributed by atoms with E-state index in [9.17, 15) is 0 Å². The Morgan fingerprint density at radius 3 is 2.25 bits per heavy atom. The number of nitrogens with zero attached hydrogens (tertiary/aromatic N) is 2. The van der Waals surface area contributed by atoms with Gasteiger partial charge in [-0.15, -0.1) is 0 Å². The maximum Gasteiger partial charge on any atom is 0.192 e. The molecule has 20 heavy (non-hydrogen) atoms. The molecule has 0 amide bonds. The number of nitrogens with two attached hydrogens (primary N) is 1. The average Bonchev–Trinajstić information content (AvgIpc) is 2.38. The lowest BCUT2D eigenvalue weighted by molar-refractivity contribution is 0.817. The fourth-order valence-corrected chi connectivity index (χ4v) is 2.93. The highest BCUT2D eigenvalue weighted by Crippen LogP contribution is 2.33. The van der Waals surface area contributed by atoms with E-state index in [1.54, 1.807) is 0 Å². The summed E-state index contributed by atoms with van der Waals surface area (Å²) in [6.45, 7) is 7.96. The molecule has 0 bridgehead atoms. The first-order valence-electron chi connectivity index (χ1n) is 6.43. The molecular formula is C15H18ClN3S. The molecule has 0 aliphatic carbocycles. The molecule has 0 aliphatic heterocycles. The summed E-state index contributed by atoms with van der Waals surface area (Å²) >= 11 is 7.78. The van der Waals surface area contributed by atoms with E-state index < -0.39 is 0 Å². The molecule has 2 aromatic rings. The summed E-state index contributed by atoms with van der Waals surface area (Å²) in [4.78, 5) is 9.94. The summed E-state index contributed by atoms with van der Waals surface area (Å²) in [6.07, 6.45) is 0. The third-order valence-corrected chi connectivity index (χ3v) is 4.66. The second-order valence-corrected chi connectivity index (χ2v) is 6.30. The van der Waals surface area contributed by atoms with Crippen LogP contribution in [0.2, 0.25) is 5.02 Å². The number of rotatable bonds is 3. The molecule has 1 heterocycles. The topological polar surface area (TPSA) is 51.8 Å². The van der Waals surface area contributed by atoms with Crippen molar-refractivity contribution in [1.82, 2.24) is 9.97 Å². The van der Waals surface area contributed by atoms with E-state index in [1.165, 1.54) is 11.8 Å². The summed E-state index contributed by atoms with van der Waals surface area (Å²) in [5.74, 6) is 0. The van der Waals surface area contributed by atoms with Gasteiger partial charge in [-0.25, -0.2) is 9.97 Å². The van der Waals surface area contributed by atoms with E-state index in [-0.39, 0.29) is 6.04 Å². The normalized spacial score (nSPS) is 12.5. The minimum absolute atomic E-state index is 0.0216. The number of benzene rings is 1. The van der Waals surface area contributed by atoms with Crippen LogP contribution in [0.1, 0.15) is 35.5 Å². The Labute approximate surface area is 129 Å². The van der Waals surface area contributed by atoms with Crippen molar-refractivity contribution in [3.8, 4) is 0 Å². The third-order valence-electron chi connectivity index (χ3n) is 3.30. The van der Waals surface area contributed by atoms with Crippen LogP contribution in [0.25, 0.3) is 0 Å². The van der Waals surface area contributed by atoms with Crippen molar-refractivity contribution in [2.45, 2.75) is 43.8 Å². The Morgan fingerprint density at radius 1 is 1.15 bits per heavy atom. The van der Waals surface area contributed by atoms with Crippen molar-refractivity contribution in [2.24, 2.45) is 5.73 Å². The molecule has 2 N–H and O–H groups in total. The van der Waals surface area contributed by atoms with Gasteiger partial charge in [0.2, 0.25) is 0 Å². The predicted octanol–water partition coefficient (Wildman–Crippen LogP) is 4.23. The molecule has 106 valence electrons. The first-order valence-corrected chi connectivity index (χ1v) is 7.62. The van der Waals surface area contributed by atoms with Crippen molar-refractivity contribution in [3.63, 3.8) is 0 Å². The van der Waals surface area contributed by atoms with Gasteiger partial charge < -0.3 is 5.73 Å². The van der Waals surface area contributed by atoms with Gasteiger partial charge in [0.25, 0.3) is 0 Å². The lowest BCUT2D eigenvalue weighted by Gasteiger charge is -2.10. The van der Waals surface area contributed by atoms with Crippen LogP contribution in [-0.2, 0) is 0 Å². The zero-order valence-electron chi connectivity index (χ0n) is 12.1. The second kappa shape index (κ2) is 6.12. The highest BCUT2D eigenvalue weighted by molar-refractivity contribution is 7.99. The van der Waals surface area contributed by atoms with Crippen LogP contribution in [0.5, 0.6) is 0 Å². The number of hydrogen-bond donors (Lipinski definition) is 1. The second-order valence-electron chi connectivity index (χ2n) is 4.88. The summed E-state index contributed by atoms with van der Waals surface area (Å²) in [7, 11) is 0. The SMILES string of the molecule is Cc1nc(Sc2ccc([C@H](C)N)cc2Cl)nc(C)c1C. The van der Waals surface area contributed by atoms with Gasteiger partial charge in [-0.1, -0.05) is 17.7 Å². The van der Waals surface area contributed by atoms with Crippen LogP contribution < -0.4 is 5.73 Å². The van der Waals surface area contributed by atoms with Gasteiger partial charge in [0.1, 0.15) is 0 Å². The van der Waals surface area contributed by atoms with E-state index in [2.05, 4.69) is 9.97 Å². The molecule has 0 fully saturated rings. The molecule has 2 rings (SSSR count). The average molecular weight is 308 g/mol. The Kier molecular flexibility index (Phi) is 4.68. The Morgan fingerprint density at radius 2 is 1.75 bits per heavy atom. The minimum Gasteiger partial charge on any atom is -0.324 e. The van der Waals surface area contributed by atoms with Crippen molar-refractivity contribution in [1.29, 1.82) is 0 Å². The summed E-state index contributed by atoms with van der Waals surface area (Å²) in [6, 6.07) is 5.85. The zero-order valence-corrected chi connectivity index (χ0v) is 13.6. The third kappa shape index (κ3) is 3.32. The fraction of sp³-hybridized carbons (Fsp3) is 0.333. The van der Waals surface area contributed by atoms with E-state index in [0.717, 1.165) is 32.6 Å². The largest absolute Gasteiger partial charge is 0.324 e. The van der Waals surface area contributed by atoms with E-state index >= 15 is 0 Å². The number of halogens is 1. The molecule has 0 aliphatic rings. The van der Waals surface area contributed by atoms with Crippen molar-refractivity contribution < 1.29 is 0 Å². The van der Waals surface area contributed by atoms with Gasteiger partial charge in [-0.3, -0.25) is 0 Å². The van der Waals surface area contributed by atoms with Crippen LogP contribution >= 0.6 is 23.4 Å². The lowest BCUT2D eigenvalue weighted by Crippen LogP contribution is -2.04. The molecule has 1 atom stereocenters. The number of aromatic nitrogens is 2. The van der Waals surface area contributed by atoms with Crippen molar-refractivity contribution >= 4 is 23.4 Å². The van der Waals surface area contributed by atoms with Crippen molar-refractivity contribution in [3.05, 3.63) is 45.7 Å². The van der Waals surface area contributed by atoms with Crippen LogP contribution in [0.3, 0.4) is 0 Å². The quantitative estimate of drug-likeness (QED) is 0.862. The lowest BCUT2D eigenvalue weighted by atomic mass is 10.1. The first kappa shape index (κ1) is 15.3. The molecule has 0 saturated heterocycles. The Hall–Kier alpha value is -1.10. The van der Waals surface area contributed by atoms with Crippen LogP contribution in [-0.4, -0.2) is 9.97 Å². The van der Waals surface area contributed by atoms with Gasteiger partial charge in [-0.05, 0) is 62.7 Å². The smallest absolute Gasteiger partial charge is 0.192 e. The number of aryl methyl sites for hydroxylation is 2. The Bertz CT molecular complexity index is 618. The first-order chi connectivity index (χ1) is 9.38. The molecule has 0 unspecified atom stereocenters. The van der Waals surface area contributed by atoms with Gasteiger partial charge >= 0.3 is 0 Å². The molecule has 3 nitrogen and oxygen atoms in total. The van der Waals surface area contributed by atoms with Gasteiger partial charge in [0.15, 0.2) is 5.16 Å².